The minimum atomic E-state index is -0.220. The number of rotatable bonds is 7. The molecule has 0 aliphatic carbocycles. The number of amides is 2. The van der Waals surface area contributed by atoms with Gasteiger partial charge in [-0.05, 0) is 23.8 Å². The Bertz CT molecular complexity index is 781. The summed E-state index contributed by atoms with van der Waals surface area (Å²) in [5.74, 6) is -0.403. The molecule has 0 aromatic heterocycles. The van der Waals surface area contributed by atoms with Crippen LogP contribution in [0.15, 0.2) is 33.6 Å². The summed E-state index contributed by atoms with van der Waals surface area (Å²) < 4.78 is 6.70. The first-order valence-corrected chi connectivity index (χ1v) is 11.2. The molecule has 2 fully saturated rings. The molecule has 9 heteroatoms. The number of quaternary nitrogens is 1. The van der Waals surface area contributed by atoms with E-state index in [4.69, 9.17) is 17.0 Å². The van der Waals surface area contributed by atoms with Gasteiger partial charge in [-0.2, -0.15) is 0 Å². The third kappa shape index (κ3) is 6.12. The first-order chi connectivity index (χ1) is 13.5. The molecule has 0 atom stereocenters. The van der Waals surface area contributed by atoms with E-state index in [-0.39, 0.29) is 18.4 Å². The molecule has 0 bridgehead atoms. The van der Waals surface area contributed by atoms with Crippen molar-refractivity contribution >= 4 is 62.1 Å². The predicted molar refractivity (Wildman–Crippen MR) is 118 cm³/mol. The summed E-state index contributed by atoms with van der Waals surface area (Å²) in [5, 5.41) is 2.89. The molecule has 0 saturated carbocycles. The summed E-state index contributed by atoms with van der Waals surface area (Å²) in [4.78, 5) is 28.3. The number of hydrogen-bond acceptors (Lipinski definition) is 5. The van der Waals surface area contributed by atoms with Crippen molar-refractivity contribution in [1.29, 1.82) is 0 Å². The highest BCUT2D eigenvalue weighted by Gasteiger charge is 2.33. The molecule has 2 amide bonds. The van der Waals surface area contributed by atoms with E-state index in [0.717, 1.165) is 49.3 Å². The Morgan fingerprint density at radius 1 is 1.39 bits per heavy atom. The maximum absolute atomic E-state index is 12.6. The van der Waals surface area contributed by atoms with E-state index >= 15 is 0 Å². The van der Waals surface area contributed by atoms with E-state index in [1.165, 1.54) is 21.6 Å². The average molecular weight is 485 g/mol. The fourth-order valence-corrected chi connectivity index (χ4v) is 4.73. The second-order valence-electron chi connectivity index (χ2n) is 6.64. The molecule has 0 radical (unpaired) electrons. The van der Waals surface area contributed by atoms with Crippen LogP contribution in [0.4, 0.5) is 0 Å². The normalized spacial score (nSPS) is 19.5. The van der Waals surface area contributed by atoms with Gasteiger partial charge in [0.2, 0.25) is 5.91 Å². The lowest BCUT2D eigenvalue weighted by Crippen LogP contribution is -3.14. The molecule has 1 aromatic rings. The number of carbonyl (C=O) groups is 2. The van der Waals surface area contributed by atoms with Gasteiger partial charge >= 0.3 is 0 Å². The number of carbonyl (C=O) groups excluding carboxylic acids is 2. The van der Waals surface area contributed by atoms with Crippen molar-refractivity contribution in [1.82, 2.24) is 10.2 Å². The van der Waals surface area contributed by atoms with Crippen molar-refractivity contribution in [2.75, 3.05) is 45.9 Å². The molecule has 150 valence electrons. The fourth-order valence-electron chi connectivity index (χ4n) is 3.06. The molecule has 2 aliphatic heterocycles. The maximum Gasteiger partial charge on any atom is 0.266 e. The molecular formula is C19H23BrN3O3S2+. The van der Waals surface area contributed by atoms with E-state index in [1.807, 2.05) is 24.3 Å². The zero-order chi connectivity index (χ0) is 19.9. The predicted octanol–water partition coefficient (Wildman–Crippen LogP) is 1.07. The maximum atomic E-state index is 12.6. The van der Waals surface area contributed by atoms with E-state index < -0.39 is 0 Å². The Balaban J connectivity index is 1.46. The molecule has 1 aromatic carbocycles. The standard InChI is InChI=1S/C19H22BrN3O3S2/c20-15-4-1-3-14(11-15)12-16-18(25)23(19(27)28-16)13-17(24)21-5-2-6-22-7-9-26-10-8-22/h1,3-4,11-12H,2,5-10,13H2,(H,21,24)/p+1. The number of benzene rings is 1. The molecule has 2 heterocycles. The van der Waals surface area contributed by atoms with Crippen LogP contribution >= 0.6 is 39.9 Å². The molecule has 2 aliphatic rings. The second-order valence-corrected chi connectivity index (χ2v) is 9.23. The number of thiocarbonyl (C=S) groups is 1. The van der Waals surface area contributed by atoms with Crippen LogP contribution in [0.5, 0.6) is 0 Å². The number of nitrogens with zero attached hydrogens (tertiary/aromatic N) is 1. The van der Waals surface area contributed by atoms with Gasteiger partial charge < -0.3 is 15.0 Å². The third-order valence-electron chi connectivity index (χ3n) is 4.55. The lowest BCUT2D eigenvalue weighted by atomic mass is 10.2. The van der Waals surface area contributed by atoms with Crippen LogP contribution in [0.3, 0.4) is 0 Å². The van der Waals surface area contributed by atoms with Crippen LogP contribution in [0.25, 0.3) is 6.08 Å². The number of nitrogens with one attached hydrogen (secondary N) is 2. The van der Waals surface area contributed by atoms with Crippen molar-refractivity contribution in [2.45, 2.75) is 6.42 Å². The molecule has 2 saturated heterocycles. The molecule has 2 N–H and O–H groups in total. The lowest BCUT2D eigenvalue weighted by molar-refractivity contribution is -0.908. The largest absolute Gasteiger partial charge is 0.370 e. The smallest absolute Gasteiger partial charge is 0.266 e. The van der Waals surface area contributed by atoms with Gasteiger partial charge in [0, 0.05) is 17.4 Å². The highest BCUT2D eigenvalue weighted by molar-refractivity contribution is 9.10. The number of ether oxygens (including phenoxy) is 1. The first-order valence-electron chi connectivity index (χ1n) is 9.22. The highest BCUT2D eigenvalue weighted by Crippen LogP contribution is 2.32. The van der Waals surface area contributed by atoms with Crippen LogP contribution < -0.4 is 10.2 Å². The quantitative estimate of drug-likeness (QED) is 0.344. The van der Waals surface area contributed by atoms with Gasteiger partial charge in [-0.3, -0.25) is 14.5 Å². The van der Waals surface area contributed by atoms with Crippen LogP contribution in [0.1, 0.15) is 12.0 Å². The summed E-state index contributed by atoms with van der Waals surface area (Å²) in [6, 6.07) is 7.67. The van der Waals surface area contributed by atoms with E-state index in [0.29, 0.717) is 15.8 Å². The minimum absolute atomic E-state index is 0.0368. The Morgan fingerprint density at radius 3 is 2.93 bits per heavy atom. The van der Waals surface area contributed by atoms with E-state index in [2.05, 4.69) is 21.2 Å². The summed E-state index contributed by atoms with van der Waals surface area (Å²) in [5.41, 5.74) is 0.907. The molecule has 0 spiro atoms. The van der Waals surface area contributed by atoms with Gasteiger partial charge in [0.05, 0.1) is 24.7 Å². The SMILES string of the molecule is O=C(CN1C(=O)C(=Cc2cccc(Br)c2)SC1=S)NCCC[NH+]1CCOCC1. The molecular weight excluding hydrogens is 462 g/mol. The van der Waals surface area contributed by atoms with Crippen molar-refractivity contribution in [3.8, 4) is 0 Å². The first kappa shape index (κ1) is 21.4. The molecule has 3 rings (SSSR count). The number of halogens is 1. The van der Waals surface area contributed by atoms with Crippen LogP contribution in [-0.4, -0.2) is 67.0 Å². The minimum Gasteiger partial charge on any atom is -0.370 e. The monoisotopic (exact) mass is 484 g/mol. The summed E-state index contributed by atoms with van der Waals surface area (Å²) in [6.07, 6.45) is 2.70. The number of thioether (sulfide) groups is 1. The molecule has 6 nitrogen and oxygen atoms in total. The fraction of sp³-hybridized carbons (Fsp3) is 0.421. The van der Waals surface area contributed by atoms with Gasteiger partial charge in [-0.15, -0.1) is 0 Å². The summed E-state index contributed by atoms with van der Waals surface area (Å²) >= 11 is 9.95. The van der Waals surface area contributed by atoms with Gasteiger partial charge in [0.1, 0.15) is 24.0 Å². The molecule has 28 heavy (non-hydrogen) atoms. The zero-order valence-electron chi connectivity index (χ0n) is 15.4. The van der Waals surface area contributed by atoms with Gasteiger partial charge in [-0.1, -0.05) is 52.0 Å². The van der Waals surface area contributed by atoms with Crippen LogP contribution in [0.2, 0.25) is 0 Å². The van der Waals surface area contributed by atoms with Gasteiger partial charge in [0.25, 0.3) is 5.91 Å². The Labute approximate surface area is 182 Å². The van der Waals surface area contributed by atoms with Crippen molar-refractivity contribution in [3.63, 3.8) is 0 Å². The topological polar surface area (TPSA) is 63.1 Å². The summed E-state index contributed by atoms with van der Waals surface area (Å²) in [6.45, 7) is 5.24. The van der Waals surface area contributed by atoms with Crippen molar-refractivity contribution < 1.29 is 19.2 Å². The Hall–Kier alpha value is -1.26. The second kappa shape index (κ2) is 10.5. The van der Waals surface area contributed by atoms with Gasteiger partial charge in [-0.25, -0.2) is 0 Å². The van der Waals surface area contributed by atoms with E-state index in [1.54, 1.807) is 6.08 Å². The van der Waals surface area contributed by atoms with E-state index in [9.17, 15) is 9.59 Å². The number of morpholine rings is 1. The van der Waals surface area contributed by atoms with Crippen molar-refractivity contribution in [2.24, 2.45) is 0 Å². The number of hydrogen-bond donors (Lipinski definition) is 2. The van der Waals surface area contributed by atoms with Crippen molar-refractivity contribution in [3.05, 3.63) is 39.2 Å². The third-order valence-corrected chi connectivity index (χ3v) is 6.42. The average Bonchev–Trinajstić information content (AvgIpc) is 2.93. The van der Waals surface area contributed by atoms with Gasteiger partial charge in [0.15, 0.2) is 0 Å². The summed E-state index contributed by atoms with van der Waals surface area (Å²) in [7, 11) is 0. The molecule has 0 unspecified atom stereocenters. The Kier molecular flexibility index (Phi) is 8.04. The van der Waals surface area contributed by atoms with Crippen LogP contribution in [0, 0.1) is 0 Å². The highest BCUT2D eigenvalue weighted by atomic mass is 79.9. The Morgan fingerprint density at radius 2 is 2.18 bits per heavy atom. The zero-order valence-corrected chi connectivity index (χ0v) is 18.6. The lowest BCUT2D eigenvalue weighted by Gasteiger charge is -2.23. The van der Waals surface area contributed by atoms with Crippen LogP contribution in [-0.2, 0) is 14.3 Å².